The van der Waals surface area contributed by atoms with Crippen LogP contribution in [0.1, 0.15) is 32.3 Å². The third-order valence-electron chi connectivity index (χ3n) is 3.18. The molecule has 0 radical (unpaired) electrons. The van der Waals surface area contributed by atoms with E-state index in [-0.39, 0.29) is 0 Å². The first-order valence-electron chi connectivity index (χ1n) is 6.23. The highest BCUT2D eigenvalue weighted by Crippen LogP contribution is 2.26. The average molecular weight is 219 g/mol. The van der Waals surface area contributed by atoms with Crippen molar-refractivity contribution in [2.75, 3.05) is 6.61 Å². The third-order valence-corrected chi connectivity index (χ3v) is 3.18. The molecule has 1 aliphatic carbocycles. The number of nitrogens with one attached hydrogen (secondary N) is 1. The van der Waals surface area contributed by atoms with Crippen LogP contribution in [0.2, 0.25) is 0 Å². The van der Waals surface area contributed by atoms with Crippen LogP contribution in [0.5, 0.6) is 5.75 Å². The summed E-state index contributed by atoms with van der Waals surface area (Å²) < 4.78 is 5.48. The minimum atomic E-state index is 0.728. The van der Waals surface area contributed by atoms with E-state index in [1.807, 2.05) is 13.0 Å². The molecule has 0 bridgehead atoms. The first kappa shape index (κ1) is 11.5. The lowest BCUT2D eigenvalue weighted by Crippen LogP contribution is -2.39. The maximum atomic E-state index is 5.48. The summed E-state index contributed by atoms with van der Waals surface area (Å²) in [7, 11) is 0. The maximum Gasteiger partial charge on any atom is 0.119 e. The fourth-order valence-corrected chi connectivity index (χ4v) is 2.24. The number of rotatable bonds is 5. The van der Waals surface area contributed by atoms with Crippen LogP contribution < -0.4 is 10.1 Å². The van der Waals surface area contributed by atoms with E-state index in [2.05, 4.69) is 30.4 Å². The number of hydrogen-bond donors (Lipinski definition) is 1. The van der Waals surface area contributed by atoms with Gasteiger partial charge < -0.3 is 10.1 Å². The summed E-state index contributed by atoms with van der Waals surface area (Å²) in [6.45, 7) is 6.02. The van der Waals surface area contributed by atoms with Crippen molar-refractivity contribution in [1.82, 2.24) is 5.32 Å². The lowest BCUT2D eigenvalue weighted by Gasteiger charge is -2.33. The Bertz CT molecular complexity index is 331. The molecule has 1 N–H and O–H groups in total. The lowest BCUT2D eigenvalue weighted by molar-refractivity contribution is 0.240. The van der Waals surface area contributed by atoms with Crippen molar-refractivity contribution >= 4 is 0 Å². The Morgan fingerprint density at radius 2 is 2.19 bits per heavy atom. The van der Waals surface area contributed by atoms with E-state index in [9.17, 15) is 0 Å². The van der Waals surface area contributed by atoms with Gasteiger partial charge in [0.15, 0.2) is 0 Å². The van der Waals surface area contributed by atoms with E-state index in [0.717, 1.165) is 30.9 Å². The van der Waals surface area contributed by atoms with E-state index >= 15 is 0 Å². The second-order valence-corrected chi connectivity index (χ2v) is 4.73. The molecule has 2 rings (SSSR count). The molecule has 0 aromatic heterocycles. The SMILES string of the molecule is CCOc1cccc(CNC2CC(C)C2)c1. The van der Waals surface area contributed by atoms with Crippen molar-refractivity contribution in [3.8, 4) is 5.75 Å². The minimum Gasteiger partial charge on any atom is -0.494 e. The van der Waals surface area contributed by atoms with Crippen LogP contribution >= 0.6 is 0 Å². The van der Waals surface area contributed by atoms with Gasteiger partial charge in [-0.25, -0.2) is 0 Å². The largest absolute Gasteiger partial charge is 0.494 e. The summed E-state index contributed by atoms with van der Waals surface area (Å²) in [5.74, 6) is 1.89. The van der Waals surface area contributed by atoms with Crippen LogP contribution in [0.3, 0.4) is 0 Å². The average Bonchev–Trinajstić information content (AvgIpc) is 2.24. The third kappa shape index (κ3) is 2.99. The van der Waals surface area contributed by atoms with Crippen LogP contribution in [-0.4, -0.2) is 12.6 Å². The molecule has 0 atom stereocenters. The van der Waals surface area contributed by atoms with E-state index in [1.54, 1.807) is 0 Å². The smallest absolute Gasteiger partial charge is 0.119 e. The van der Waals surface area contributed by atoms with Crippen molar-refractivity contribution in [1.29, 1.82) is 0 Å². The Morgan fingerprint density at radius 1 is 1.38 bits per heavy atom. The Balaban J connectivity index is 1.81. The number of benzene rings is 1. The second kappa shape index (κ2) is 5.35. The van der Waals surface area contributed by atoms with Gasteiger partial charge in [0.25, 0.3) is 0 Å². The van der Waals surface area contributed by atoms with Gasteiger partial charge in [0, 0.05) is 12.6 Å². The molecular weight excluding hydrogens is 198 g/mol. The molecule has 1 aromatic carbocycles. The monoisotopic (exact) mass is 219 g/mol. The van der Waals surface area contributed by atoms with Crippen LogP contribution in [0.15, 0.2) is 24.3 Å². The molecule has 1 saturated carbocycles. The topological polar surface area (TPSA) is 21.3 Å². The van der Waals surface area contributed by atoms with Crippen molar-refractivity contribution in [3.63, 3.8) is 0 Å². The second-order valence-electron chi connectivity index (χ2n) is 4.73. The first-order chi connectivity index (χ1) is 7.78. The van der Waals surface area contributed by atoms with Gasteiger partial charge in [-0.15, -0.1) is 0 Å². The summed E-state index contributed by atoms with van der Waals surface area (Å²) in [6, 6.07) is 9.07. The Morgan fingerprint density at radius 3 is 2.88 bits per heavy atom. The fraction of sp³-hybridized carbons (Fsp3) is 0.571. The minimum absolute atomic E-state index is 0.728. The summed E-state index contributed by atoms with van der Waals surface area (Å²) in [4.78, 5) is 0. The van der Waals surface area contributed by atoms with E-state index in [4.69, 9.17) is 4.74 Å². The van der Waals surface area contributed by atoms with E-state index in [0.29, 0.717) is 0 Å². The molecule has 0 aliphatic heterocycles. The maximum absolute atomic E-state index is 5.48. The van der Waals surface area contributed by atoms with Crippen molar-refractivity contribution in [3.05, 3.63) is 29.8 Å². The molecule has 0 unspecified atom stereocenters. The molecule has 0 spiro atoms. The molecule has 0 amide bonds. The number of hydrogen-bond acceptors (Lipinski definition) is 2. The zero-order valence-corrected chi connectivity index (χ0v) is 10.2. The highest BCUT2D eigenvalue weighted by molar-refractivity contribution is 5.28. The Hall–Kier alpha value is -1.02. The molecule has 2 heteroatoms. The highest BCUT2D eigenvalue weighted by atomic mass is 16.5. The molecular formula is C14H21NO. The van der Waals surface area contributed by atoms with E-state index < -0.39 is 0 Å². The van der Waals surface area contributed by atoms with Gasteiger partial charge in [0.1, 0.15) is 5.75 Å². The van der Waals surface area contributed by atoms with Crippen molar-refractivity contribution in [2.45, 2.75) is 39.3 Å². The fourth-order valence-electron chi connectivity index (χ4n) is 2.24. The van der Waals surface area contributed by atoms with Gasteiger partial charge in [-0.2, -0.15) is 0 Å². The van der Waals surface area contributed by atoms with Crippen LogP contribution in [0.25, 0.3) is 0 Å². The Labute approximate surface area is 98.0 Å². The van der Waals surface area contributed by atoms with Crippen molar-refractivity contribution in [2.24, 2.45) is 5.92 Å². The van der Waals surface area contributed by atoms with Gasteiger partial charge in [0.2, 0.25) is 0 Å². The summed E-state index contributed by atoms with van der Waals surface area (Å²) in [5, 5.41) is 3.58. The van der Waals surface area contributed by atoms with Gasteiger partial charge in [-0.3, -0.25) is 0 Å². The van der Waals surface area contributed by atoms with Gasteiger partial charge >= 0.3 is 0 Å². The van der Waals surface area contributed by atoms with Gasteiger partial charge in [-0.1, -0.05) is 19.1 Å². The van der Waals surface area contributed by atoms with Crippen LogP contribution in [0.4, 0.5) is 0 Å². The normalized spacial score (nSPS) is 23.9. The Kier molecular flexibility index (Phi) is 3.83. The molecule has 1 aromatic rings. The number of ether oxygens (including phenoxy) is 1. The highest BCUT2D eigenvalue weighted by Gasteiger charge is 2.24. The summed E-state index contributed by atoms with van der Waals surface area (Å²) in [6.07, 6.45) is 2.65. The molecule has 2 nitrogen and oxygen atoms in total. The predicted molar refractivity (Wildman–Crippen MR) is 66.6 cm³/mol. The van der Waals surface area contributed by atoms with E-state index in [1.165, 1.54) is 18.4 Å². The zero-order valence-electron chi connectivity index (χ0n) is 10.2. The lowest BCUT2D eigenvalue weighted by atomic mass is 9.82. The van der Waals surface area contributed by atoms with Gasteiger partial charge in [-0.05, 0) is 43.4 Å². The summed E-state index contributed by atoms with van der Waals surface area (Å²) >= 11 is 0. The molecule has 16 heavy (non-hydrogen) atoms. The predicted octanol–water partition coefficient (Wildman–Crippen LogP) is 2.97. The first-order valence-corrected chi connectivity index (χ1v) is 6.23. The molecule has 1 fully saturated rings. The standard InChI is InChI=1S/C14H21NO/c1-3-16-14-6-4-5-12(9-14)10-15-13-7-11(2)8-13/h4-6,9,11,13,15H,3,7-8,10H2,1-2H3. The van der Waals surface area contributed by atoms with Crippen LogP contribution in [-0.2, 0) is 6.54 Å². The summed E-state index contributed by atoms with van der Waals surface area (Å²) in [5.41, 5.74) is 1.31. The van der Waals surface area contributed by atoms with Crippen molar-refractivity contribution < 1.29 is 4.74 Å². The van der Waals surface area contributed by atoms with Gasteiger partial charge in [0.05, 0.1) is 6.61 Å². The molecule has 0 heterocycles. The van der Waals surface area contributed by atoms with Crippen LogP contribution in [0, 0.1) is 5.92 Å². The molecule has 1 aliphatic rings. The zero-order chi connectivity index (χ0) is 11.4. The quantitative estimate of drug-likeness (QED) is 0.822. The molecule has 0 saturated heterocycles. The molecule has 88 valence electrons.